The molecule has 150 valence electrons. The van der Waals surface area contributed by atoms with Crippen molar-refractivity contribution in [3.05, 3.63) is 78.6 Å². The number of benzene rings is 2. The van der Waals surface area contributed by atoms with E-state index in [4.69, 9.17) is 16.0 Å². The van der Waals surface area contributed by atoms with Crippen LogP contribution in [0.5, 0.6) is 0 Å². The molecule has 1 atom stereocenters. The van der Waals surface area contributed by atoms with Crippen molar-refractivity contribution >= 4 is 44.4 Å². The van der Waals surface area contributed by atoms with Gasteiger partial charge in [-0.3, -0.25) is 9.59 Å². The standard InChI is InChI=1S/C23H21BrClNO3/c1-3-4-5-10-26-20(14-6-8-15(24)9-7-14)19-21(27)16-12-17(25)13(2)11-18(16)29-22(19)23(26)28/h6-9,11-12,20H,3-5,10H2,1-2H3. The molecule has 1 aromatic heterocycles. The van der Waals surface area contributed by atoms with Crippen molar-refractivity contribution in [2.24, 2.45) is 0 Å². The summed E-state index contributed by atoms with van der Waals surface area (Å²) < 4.78 is 6.93. The quantitative estimate of drug-likeness (QED) is 0.411. The van der Waals surface area contributed by atoms with Crippen LogP contribution in [0.15, 0.2) is 50.1 Å². The molecule has 1 unspecified atom stereocenters. The number of halogens is 2. The third-order valence-electron chi connectivity index (χ3n) is 5.44. The monoisotopic (exact) mass is 473 g/mol. The fraction of sp³-hybridized carbons (Fsp3) is 0.304. The first-order valence-corrected chi connectivity index (χ1v) is 10.9. The third kappa shape index (κ3) is 3.51. The van der Waals surface area contributed by atoms with E-state index < -0.39 is 6.04 Å². The molecule has 6 heteroatoms. The zero-order valence-electron chi connectivity index (χ0n) is 16.3. The number of carbonyl (C=O) groups excluding carboxylic acids is 1. The topological polar surface area (TPSA) is 50.5 Å². The third-order valence-corrected chi connectivity index (χ3v) is 6.37. The molecule has 0 spiro atoms. The second-order valence-electron chi connectivity index (χ2n) is 7.43. The molecule has 1 aliphatic rings. The van der Waals surface area contributed by atoms with Crippen molar-refractivity contribution in [2.45, 2.75) is 39.2 Å². The smallest absolute Gasteiger partial charge is 0.290 e. The van der Waals surface area contributed by atoms with E-state index in [-0.39, 0.29) is 17.1 Å². The maximum absolute atomic E-state index is 13.4. The van der Waals surface area contributed by atoms with Gasteiger partial charge in [0.15, 0.2) is 5.43 Å². The molecule has 4 rings (SSSR count). The number of aryl methyl sites for hydroxylation is 1. The molecule has 0 saturated heterocycles. The van der Waals surface area contributed by atoms with Gasteiger partial charge in [-0.25, -0.2) is 0 Å². The number of nitrogens with zero attached hydrogens (tertiary/aromatic N) is 1. The molecule has 0 radical (unpaired) electrons. The molecule has 1 amide bonds. The number of rotatable bonds is 5. The molecule has 3 aromatic rings. The van der Waals surface area contributed by atoms with Crippen LogP contribution in [-0.4, -0.2) is 17.4 Å². The van der Waals surface area contributed by atoms with Crippen LogP contribution >= 0.6 is 27.5 Å². The van der Waals surface area contributed by atoms with Gasteiger partial charge in [0.2, 0.25) is 5.76 Å². The van der Waals surface area contributed by atoms with Gasteiger partial charge in [-0.15, -0.1) is 0 Å². The van der Waals surface area contributed by atoms with E-state index in [1.807, 2.05) is 31.2 Å². The maximum atomic E-state index is 13.4. The first kappa shape index (κ1) is 20.2. The number of carbonyl (C=O) groups is 1. The molecule has 0 N–H and O–H groups in total. The van der Waals surface area contributed by atoms with Crippen LogP contribution in [0.2, 0.25) is 5.02 Å². The average molecular weight is 475 g/mol. The lowest BCUT2D eigenvalue weighted by atomic mass is 9.98. The van der Waals surface area contributed by atoms with Gasteiger partial charge >= 0.3 is 0 Å². The van der Waals surface area contributed by atoms with Gasteiger partial charge in [-0.05, 0) is 48.7 Å². The van der Waals surface area contributed by atoms with Gasteiger partial charge < -0.3 is 9.32 Å². The van der Waals surface area contributed by atoms with Gasteiger partial charge in [0.25, 0.3) is 5.91 Å². The summed E-state index contributed by atoms with van der Waals surface area (Å²) in [6.07, 6.45) is 2.95. The van der Waals surface area contributed by atoms with E-state index in [0.717, 1.165) is 34.9 Å². The number of fused-ring (bicyclic) bond motifs is 2. The molecule has 0 fully saturated rings. The SMILES string of the molecule is CCCCCN1C(=O)c2oc3cc(C)c(Cl)cc3c(=O)c2C1c1ccc(Br)cc1. The Morgan fingerprint density at radius 3 is 2.55 bits per heavy atom. The lowest BCUT2D eigenvalue weighted by molar-refractivity contribution is 0.0724. The van der Waals surface area contributed by atoms with Crippen molar-refractivity contribution in [3.8, 4) is 0 Å². The first-order chi connectivity index (χ1) is 13.9. The molecule has 0 bridgehead atoms. The average Bonchev–Trinajstić information content (AvgIpc) is 2.97. The summed E-state index contributed by atoms with van der Waals surface area (Å²) in [5.41, 5.74) is 2.30. The molecular weight excluding hydrogens is 454 g/mol. The van der Waals surface area contributed by atoms with E-state index in [2.05, 4.69) is 22.9 Å². The Morgan fingerprint density at radius 1 is 1.14 bits per heavy atom. The van der Waals surface area contributed by atoms with Gasteiger partial charge in [0.05, 0.1) is 17.0 Å². The van der Waals surface area contributed by atoms with Crippen LogP contribution in [0.1, 0.15) is 59.5 Å². The second kappa shape index (κ2) is 7.96. The van der Waals surface area contributed by atoms with E-state index in [1.54, 1.807) is 17.0 Å². The summed E-state index contributed by atoms with van der Waals surface area (Å²) in [6, 6.07) is 10.6. The van der Waals surface area contributed by atoms with E-state index in [1.165, 1.54) is 0 Å². The molecule has 2 aromatic carbocycles. The number of hydrogen-bond acceptors (Lipinski definition) is 3. The predicted octanol–water partition coefficient (Wildman–Crippen LogP) is 6.25. The Labute approximate surface area is 182 Å². The fourth-order valence-electron chi connectivity index (χ4n) is 3.90. The highest BCUT2D eigenvalue weighted by atomic mass is 79.9. The Kier molecular flexibility index (Phi) is 5.54. The summed E-state index contributed by atoms with van der Waals surface area (Å²) in [6.45, 7) is 4.54. The van der Waals surface area contributed by atoms with Crippen molar-refractivity contribution in [1.82, 2.24) is 4.90 Å². The van der Waals surface area contributed by atoms with E-state index in [0.29, 0.717) is 28.1 Å². The van der Waals surface area contributed by atoms with Gasteiger partial charge in [0.1, 0.15) is 5.58 Å². The first-order valence-electron chi connectivity index (χ1n) is 9.75. The minimum Gasteiger partial charge on any atom is -0.450 e. The molecule has 2 heterocycles. The Bertz CT molecular complexity index is 1150. The van der Waals surface area contributed by atoms with E-state index >= 15 is 0 Å². The van der Waals surface area contributed by atoms with Crippen molar-refractivity contribution in [3.63, 3.8) is 0 Å². The van der Waals surface area contributed by atoms with Crippen LogP contribution in [0.3, 0.4) is 0 Å². The lowest BCUT2D eigenvalue weighted by Crippen LogP contribution is -2.30. The Morgan fingerprint density at radius 2 is 1.86 bits per heavy atom. The van der Waals surface area contributed by atoms with Gasteiger partial charge in [0, 0.05) is 16.0 Å². The zero-order chi connectivity index (χ0) is 20.7. The molecule has 1 aliphatic heterocycles. The highest BCUT2D eigenvalue weighted by Gasteiger charge is 2.42. The van der Waals surface area contributed by atoms with Crippen molar-refractivity contribution < 1.29 is 9.21 Å². The molecule has 0 saturated carbocycles. The van der Waals surface area contributed by atoms with Crippen LogP contribution in [0.4, 0.5) is 0 Å². The molecule has 4 nitrogen and oxygen atoms in total. The highest BCUT2D eigenvalue weighted by molar-refractivity contribution is 9.10. The van der Waals surface area contributed by atoms with Crippen LogP contribution < -0.4 is 5.43 Å². The van der Waals surface area contributed by atoms with Crippen molar-refractivity contribution in [2.75, 3.05) is 6.54 Å². The number of amides is 1. The summed E-state index contributed by atoms with van der Waals surface area (Å²) in [4.78, 5) is 28.5. The zero-order valence-corrected chi connectivity index (χ0v) is 18.6. The van der Waals surface area contributed by atoms with Crippen molar-refractivity contribution in [1.29, 1.82) is 0 Å². The predicted molar refractivity (Wildman–Crippen MR) is 119 cm³/mol. The maximum Gasteiger partial charge on any atom is 0.290 e. The summed E-state index contributed by atoms with van der Waals surface area (Å²) in [7, 11) is 0. The fourth-order valence-corrected chi connectivity index (χ4v) is 4.32. The van der Waals surface area contributed by atoms with Crippen LogP contribution in [-0.2, 0) is 0 Å². The molecule has 0 aliphatic carbocycles. The van der Waals surface area contributed by atoms with Gasteiger partial charge in [-0.1, -0.05) is 59.4 Å². The summed E-state index contributed by atoms with van der Waals surface area (Å²) >= 11 is 9.71. The van der Waals surface area contributed by atoms with E-state index in [9.17, 15) is 9.59 Å². The minimum atomic E-state index is -0.455. The minimum absolute atomic E-state index is 0.147. The largest absolute Gasteiger partial charge is 0.450 e. The highest BCUT2D eigenvalue weighted by Crippen LogP contribution is 2.39. The van der Waals surface area contributed by atoms with Gasteiger partial charge in [-0.2, -0.15) is 0 Å². The lowest BCUT2D eigenvalue weighted by Gasteiger charge is -2.25. The normalized spacial score (nSPS) is 15.9. The number of hydrogen-bond donors (Lipinski definition) is 0. The molecular formula is C23H21BrClNO3. The number of unbranched alkanes of at least 4 members (excludes halogenated alkanes) is 2. The second-order valence-corrected chi connectivity index (χ2v) is 8.75. The summed E-state index contributed by atoms with van der Waals surface area (Å²) in [5, 5.41) is 0.915. The Balaban J connectivity index is 1.93. The van der Waals surface area contributed by atoms with Crippen LogP contribution in [0, 0.1) is 6.92 Å². The molecule has 29 heavy (non-hydrogen) atoms. The van der Waals surface area contributed by atoms with Crippen LogP contribution in [0.25, 0.3) is 11.0 Å². The summed E-state index contributed by atoms with van der Waals surface area (Å²) in [5.74, 6) is -0.0794. The Hall–Kier alpha value is -2.11.